The highest BCUT2D eigenvalue weighted by atomic mass is 32.1. The number of Topliss-reactive ketones (excluding diaryl/α,β-unsaturated/α-hetero) is 1. The third-order valence-corrected chi connectivity index (χ3v) is 6.06. The van der Waals surface area contributed by atoms with Crippen molar-refractivity contribution in [3.8, 4) is 11.3 Å². The number of carbonyl (C=O) groups excluding carboxylic acids is 2. The summed E-state index contributed by atoms with van der Waals surface area (Å²) in [6, 6.07) is 3.42. The lowest BCUT2D eigenvalue weighted by molar-refractivity contribution is 0.0734. The van der Waals surface area contributed by atoms with E-state index < -0.39 is 0 Å². The first kappa shape index (κ1) is 19.3. The first-order valence-electron chi connectivity index (χ1n) is 9.40. The quantitative estimate of drug-likeness (QED) is 0.649. The maximum atomic E-state index is 13.1. The van der Waals surface area contributed by atoms with E-state index in [0.717, 1.165) is 29.8 Å². The molecule has 0 aliphatic carbocycles. The zero-order valence-electron chi connectivity index (χ0n) is 16.5. The van der Waals surface area contributed by atoms with Crippen LogP contribution < -0.4 is 4.90 Å². The van der Waals surface area contributed by atoms with Gasteiger partial charge < -0.3 is 9.80 Å². The fraction of sp³-hybridized carbons (Fsp3) is 0.350. The molecule has 150 valence electrons. The molecule has 0 unspecified atom stereocenters. The minimum atomic E-state index is -0.113. The molecule has 1 fully saturated rings. The van der Waals surface area contributed by atoms with Crippen molar-refractivity contribution < 1.29 is 9.59 Å². The Balaban J connectivity index is 1.65. The van der Waals surface area contributed by atoms with Crippen LogP contribution >= 0.6 is 11.3 Å². The van der Waals surface area contributed by atoms with Crippen molar-refractivity contribution in [3.63, 3.8) is 0 Å². The molecule has 1 saturated heterocycles. The summed E-state index contributed by atoms with van der Waals surface area (Å²) >= 11 is 1.31. The van der Waals surface area contributed by atoms with Crippen LogP contribution in [0.2, 0.25) is 0 Å². The van der Waals surface area contributed by atoms with Crippen LogP contribution in [-0.4, -0.2) is 57.4 Å². The molecular formula is C20H22N6O2S. The minimum Gasteiger partial charge on any atom is -0.347 e. The highest BCUT2D eigenvalue weighted by molar-refractivity contribution is 7.12. The summed E-state index contributed by atoms with van der Waals surface area (Å²) in [5, 5.41) is 9.08. The molecule has 29 heavy (non-hydrogen) atoms. The van der Waals surface area contributed by atoms with Crippen LogP contribution in [0, 0.1) is 0 Å². The third kappa shape index (κ3) is 3.65. The van der Waals surface area contributed by atoms with E-state index in [1.54, 1.807) is 23.8 Å². The van der Waals surface area contributed by atoms with Gasteiger partial charge in [-0.3, -0.25) is 14.7 Å². The van der Waals surface area contributed by atoms with E-state index in [1.165, 1.54) is 18.3 Å². The molecule has 0 spiro atoms. The van der Waals surface area contributed by atoms with Gasteiger partial charge >= 0.3 is 0 Å². The van der Waals surface area contributed by atoms with Gasteiger partial charge in [-0.2, -0.15) is 5.10 Å². The molecule has 8 nitrogen and oxygen atoms in total. The van der Waals surface area contributed by atoms with Gasteiger partial charge in [-0.25, -0.2) is 9.97 Å². The number of hydrogen-bond acceptors (Lipinski definition) is 7. The van der Waals surface area contributed by atoms with E-state index in [1.807, 2.05) is 30.0 Å². The first-order chi connectivity index (χ1) is 14.0. The van der Waals surface area contributed by atoms with Gasteiger partial charge in [0.2, 0.25) is 5.95 Å². The van der Waals surface area contributed by atoms with Gasteiger partial charge in [0.1, 0.15) is 0 Å². The molecule has 1 N–H and O–H groups in total. The minimum absolute atomic E-state index is 0.0247. The van der Waals surface area contributed by atoms with E-state index in [9.17, 15) is 9.59 Å². The molecule has 1 amide bonds. The number of H-pyrrole nitrogens is 1. The molecule has 4 rings (SSSR count). The van der Waals surface area contributed by atoms with Crippen LogP contribution in [0.5, 0.6) is 0 Å². The Morgan fingerprint density at radius 2 is 2.17 bits per heavy atom. The van der Waals surface area contributed by atoms with Crippen molar-refractivity contribution in [2.75, 3.05) is 25.5 Å². The van der Waals surface area contributed by atoms with Gasteiger partial charge in [-0.15, -0.1) is 11.3 Å². The van der Waals surface area contributed by atoms with Crippen LogP contribution in [0.4, 0.5) is 5.95 Å². The maximum absolute atomic E-state index is 13.1. The van der Waals surface area contributed by atoms with Crippen LogP contribution in [0.3, 0.4) is 0 Å². The second kappa shape index (κ2) is 7.75. The summed E-state index contributed by atoms with van der Waals surface area (Å²) in [6.45, 7) is 2.18. The van der Waals surface area contributed by atoms with Crippen molar-refractivity contribution in [1.82, 2.24) is 25.1 Å². The van der Waals surface area contributed by atoms with E-state index in [2.05, 4.69) is 20.2 Å². The molecular weight excluding hydrogens is 388 g/mol. The number of thiophene rings is 1. The Bertz CT molecular complexity index is 1060. The predicted molar refractivity (Wildman–Crippen MR) is 111 cm³/mol. The van der Waals surface area contributed by atoms with E-state index in [4.69, 9.17) is 0 Å². The monoisotopic (exact) mass is 410 g/mol. The Hall–Kier alpha value is -3.07. The topological polar surface area (TPSA) is 95.1 Å². The number of nitrogens with one attached hydrogen (secondary N) is 1. The normalized spacial score (nSPS) is 16.2. The average molecular weight is 411 g/mol. The van der Waals surface area contributed by atoms with E-state index in [0.29, 0.717) is 22.9 Å². The fourth-order valence-corrected chi connectivity index (χ4v) is 4.36. The number of aromatic amines is 1. The van der Waals surface area contributed by atoms with E-state index >= 15 is 0 Å². The molecule has 0 radical (unpaired) electrons. The molecule has 0 bridgehead atoms. The lowest BCUT2D eigenvalue weighted by Crippen LogP contribution is -2.30. The molecule has 1 atom stereocenters. The summed E-state index contributed by atoms with van der Waals surface area (Å²) in [7, 11) is 3.78. The molecule has 1 aliphatic heterocycles. The van der Waals surface area contributed by atoms with Gasteiger partial charge in [-0.05, 0) is 31.9 Å². The van der Waals surface area contributed by atoms with E-state index in [-0.39, 0.29) is 17.7 Å². The van der Waals surface area contributed by atoms with Crippen molar-refractivity contribution in [2.24, 2.45) is 0 Å². The second-order valence-electron chi connectivity index (χ2n) is 7.25. The number of rotatable bonds is 5. The molecule has 4 heterocycles. The molecule has 9 heteroatoms. The van der Waals surface area contributed by atoms with Gasteiger partial charge in [0.25, 0.3) is 5.91 Å². The van der Waals surface area contributed by atoms with Gasteiger partial charge in [0.15, 0.2) is 5.78 Å². The number of anilines is 1. The standard InChI is InChI=1S/C20H22N6O2S/c1-12(27)17-9-13(11-29-17)19(28)26-8-4-5-16(26)18-14(10-22-24-18)15-6-7-21-20(23-15)25(2)3/h6-7,9-11,16H,4-5,8H2,1-3H3,(H,22,24)/t16-/m1/s1. The smallest absolute Gasteiger partial charge is 0.255 e. The van der Waals surface area contributed by atoms with Gasteiger partial charge in [0.05, 0.1) is 34.1 Å². The molecule has 0 aromatic carbocycles. The first-order valence-corrected chi connectivity index (χ1v) is 10.3. The summed E-state index contributed by atoms with van der Waals surface area (Å²) in [4.78, 5) is 37.9. The Labute approximate surface area is 172 Å². The largest absolute Gasteiger partial charge is 0.347 e. The summed E-state index contributed by atoms with van der Waals surface area (Å²) in [5.74, 6) is 0.529. The lowest BCUT2D eigenvalue weighted by atomic mass is 10.0. The molecule has 1 aliphatic rings. The van der Waals surface area contributed by atoms with Gasteiger partial charge in [0, 0.05) is 37.8 Å². The Morgan fingerprint density at radius 1 is 1.34 bits per heavy atom. The number of likely N-dealkylation sites (tertiary alicyclic amines) is 1. The number of carbonyl (C=O) groups is 2. The van der Waals surface area contributed by atoms with Crippen molar-refractivity contribution in [3.05, 3.63) is 46.0 Å². The fourth-order valence-electron chi connectivity index (χ4n) is 3.58. The third-order valence-electron chi connectivity index (χ3n) is 5.03. The van der Waals surface area contributed by atoms with Crippen molar-refractivity contribution >= 4 is 29.0 Å². The van der Waals surface area contributed by atoms with Crippen LogP contribution in [0.1, 0.15) is 51.5 Å². The molecule has 3 aromatic rings. The van der Waals surface area contributed by atoms with Crippen LogP contribution in [-0.2, 0) is 0 Å². The highest BCUT2D eigenvalue weighted by Gasteiger charge is 2.34. The number of ketones is 1. The number of hydrogen-bond donors (Lipinski definition) is 1. The van der Waals surface area contributed by atoms with Gasteiger partial charge in [-0.1, -0.05) is 0 Å². The number of amides is 1. The Morgan fingerprint density at radius 3 is 2.90 bits per heavy atom. The predicted octanol–water partition coefficient (Wildman–Crippen LogP) is 3.17. The zero-order chi connectivity index (χ0) is 20.5. The average Bonchev–Trinajstić information content (AvgIpc) is 3.47. The van der Waals surface area contributed by atoms with Crippen molar-refractivity contribution in [2.45, 2.75) is 25.8 Å². The maximum Gasteiger partial charge on any atom is 0.255 e. The summed E-state index contributed by atoms with van der Waals surface area (Å²) in [5.41, 5.74) is 3.07. The number of aromatic nitrogens is 4. The molecule has 3 aromatic heterocycles. The lowest BCUT2D eigenvalue weighted by Gasteiger charge is -2.24. The molecule has 0 saturated carbocycles. The van der Waals surface area contributed by atoms with Crippen molar-refractivity contribution in [1.29, 1.82) is 0 Å². The summed E-state index contributed by atoms with van der Waals surface area (Å²) in [6.07, 6.45) is 5.22. The summed E-state index contributed by atoms with van der Waals surface area (Å²) < 4.78 is 0. The second-order valence-corrected chi connectivity index (χ2v) is 8.16. The highest BCUT2D eigenvalue weighted by Crippen LogP contribution is 2.37. The van der Waals surface area contributed by atoms with Crippen LogP contribution in [0.15, 0.2) is 29.9 Å². The van der Waals surface area contributed by atoms with Crippen LogP contribution in [0.25, 0.3) is 11.3 Å². The number of nitrogens with zero attached hydrogens (tertiary/aromatic N) is 5. The SMILES string of the molecule is CC(=O)c1cc(C(=O)N2CCC[C@@H]2c2[nH]ncc2-c2ccnc(N(C)C)n2)cs1. The zero-order valence-corrected chi connectivity index (χ0v) is 17.4. The Kier molecular flexibility index (Phi) is 5.14.